The van der Waals surface area contributed by atoms with Crippen LogP contribution in [0.15, 0.2) is 18.2 Å². The predicted octanol–water partition coefficient (Wildman–Crippen LogP) is 2.18. The number of rotatable bonds is 8. The highest BCUT2D eigenvalue weighted by atomic mass is 19.1. The number of ether oxygens (including phenoxy) is 1. The third kappa shape index (κ3) is 5.57. The Balaban J connectivity index is 2.45. The largest absolute Gasteiger partial charge is 0.490 e. The molecule has 0 fully saturated rings. The minimum Gasteiger partial charge on any atom is -0.490 e. The van der Waals surface area contributed by atoms with Gasteiger partial charge in [-0.1, -0.05) is 13.0 Å². The summed E-state index contributed by atoms with van der Waals surface area (Å²) in [6, 6.07) is 4.90. The van der Waals surface area contributed by atoms with E-state index in [9.17, 15) is 9.18 Å². The van der Waals surface area contributed by atoms with Crippen LogP contribution < -0.4 is 10.1 Å². The van der Waals surface area contributed by atoms with E-state index in [0.717, 1.165) is 18.5 Å². The molecule has 1 aromatic carbocycles. The van der Waals surface area contributed by atoms with E-state index >= 15 is 0 Å². The van der Waals surface area contributed by atoms with Crippen LogP contribution in [0.25, 0.3) is 0 Å². The SMILES string of the molecule is CCCNCc1ccc(OCCC(=O)N(C)C)c(F)c1. The predicted molar refractivity (Wildman–Crippen MR) is 77.2 cm³/mol. The first-order valence-corrected chi connectivity index (χ1v) is 6.86. The molecule has 0 atom stereocenters. The van der Waals surface area contributed by atoms with Crippen molar-refractivity contribution in [2.45, 2.75) is 26.3 Å². The van der Waals surface area contributed by atoms with Gasteiger partial charge in [0.1, 0.15) is 0 Å². The Morgan fingerprint density at radius 3 is 2.75 bits per heavy atom. The van der Waals surface area contributed by atoms with Gasteiger partial charge in [0.15, 0.2) is 11.6 Å². The maximum atomic E-state index is 13.8. The van der Waals surface area contributed by atoms with Crippen molar-refractivity contribution >= 4 is 5.91 Å². The van der Waals surface area contributed by atoms with Gasteiger partial charge < -0.3 is 15.0 Å². The highest BCUT2D eigenvalue weighted by Crippen LogP contribution is 2.18. The summed E-state index contributed by atoms with van der Waals surface area (Å²) in [5, 5.41) is 3.21. The van der Waals surface area contributed by atoms with Crippen molar-refractivity contribution in [3.05, 3.63) is 29.6 Å². The summed E-state index contributed by atoms with van der Waals surface area (Å²) in [5.74, 6) is -0.236. The number of hydrogen-bond donors (Lipinski definition) is 1. The van der Waals surface area contributed by atoms with Gasteiger partial charge in [-0.2, -0.15) is 0 Å². The van der Waals surface area contributed by atoms with Crippen molar-refractivity contribution in [3.8, 4) is 5.75 Å². The molecule has 0 saturated heterocycles. The zero-order valence-electron chi connectivity index (χ0n) is 12.4. The minimum absolute atomic E-state index is 0.0363. The van der Waals surface area contributed by atoms with Crippen molar-refractivity contribution in [2.24, 2.45) is 0 Å². The van der Waals surface area contributed by atoms with E-state index in [-0.39, 0.29) is 24.7 Å². The summed E-state index contributed by atoms with van der Waals surface area (Å²) in [6.07, 6.45) is 1.29. The smallest absolute Gasteiger partial charge is 0.225 e. The molecule has 0 heterocycles. The molecular weight excluding hydrogens is 259 g/mol. The molecule has 1 amide bonds. The molecule has 0 aliphatic heterocycles. The fraction of sp³-hybridized carbons (Fsp3) is 0.533. The molecule has 20 heavy (non-hydrogen) atoms. The van der Waals surface area contributed by atoms with Crippen LogP contribution in [0.4, 0.5) is 4.39 Å². The normalized spacial score (nSPS) is 10.4. The third-order valence-corrected chi connectivity index (χ3v) is 2.82. The molecule has 1 N–H and O–H groups in total. The fourth-order valence-corrected chi connectivity index (χ4v) is 1.65. The van der Waals surface area contributed by atoms with Crippen LogP contribution in [-0.4, -0.2) is 38.1 Å². The Bertz CT molecular complexity index is 436. The number of hydrogen-bond acceptors (Lipinski definition) is 3. The van der Waals surface area contributed by atoms with Crippen molar-refractivity contribution in [3.63, 3.8) is 0 Å². The number of amides is 1. The van der Waals surface area contributed by atoms with Gasteiger partial charge in [-0.3, -0.25) is 4.79 Å². The number of carbonyl (C=O) groups is 1. The van der Waals surface area contributed by atoms with E-state index in [4.69, 9.17) is 4.74 Å². The molecular formula is C15H23FN2O2. The Labute approximate surface area is 119 Å². The second-order valence-corrected chi connectivity index (χ2v) is 4.83. The van der Waals surface area contributed by atoms with E-state index in [1.54, 1.807) is 20.2 Å². The lowest BCUT2D eigenvalue weighted by molar-refractivity contribution is -0.129. The molecule has 5 heteroatoms. The van der Waals surface area contributed by atoms with Gasteiger partial charge in [-0.25, -0.2) is 4.39 Å². The number of halogens is 1. The second kappa shape index (κ2) is 8.53. The van der Waals surface area contributed by atoms with Crippen LogP contribution in [0.3, 0.4) is 0 Å². The second-order valence-electron chi connectivity index (χ2n) is 4.83. The van der Waals surface area contributed by atoms with Crippen LogP contribution in [0.1, 0.15) is 25.3 Å². The first kappa shape index (κ1) is 16.4. The van der Waals surface area contributed by atoms with Crippen molar-refractivity contribution in [1.29, 1.82) is 0 Å². The molecule has 4 nitrogen and oxygen atoms in total. The Morgan fingerprint density at radius 2 is 2.15 bits per heavy atom. The maximum Gasteiger partial charge on any atom is 0.225 e. The summed E-state index contributed by atoms with van der Waals surface area (Å²) in [4.78, 5) is 12.9. The van der Waals surface area contributed by atoms with Crippen molar-refractivity contribution < 1.29 is 13.9 Å². The summed E-state index contributed by atoms with van der Waals surface area (Å²) < 4.78 is 19.1. The average Bonchev–Trinajstić information content (AvgIpc) is 2.41. The zero-order chi connectivity index (χ0) is 15.0. The Hall–Kier alpha value is -1.62. The first-order chi connectivity index (χ1) is 9.54. The van der Waals surface area contributed by atoms with Crippen LogP contribution in [0.2, 0.25) is 0 Å². The minimum atomic E-state index is -0.391. The molecule has 0 aliphatic carbocycles. The maximum absolute atomic E-state index is 13.8. The summed E-state index contributed by atoms with van der Waals surface area (Å²) in [6.45, 7) is 3.82. The number of benzene rings is 1. The third-order valence-electron chi connectivity index (χ3n) is 2.82. The fourth-order valence-electron chi connectivity index (χ4n) is 1.65. The van der Waals surface area contributed by atoms with E-state index in [0.29, 0.717) is 6.54 Å². The molecule has 0 unspecified atom stereocenters. The monoisotopic (exact) mass is 282 g/mol. The molecule has 1 rings (SSSR count). The first-order valence-electron chi connectivity index (χ1n) is 6.86. The highest BCUT2D eigenvalue weighted by Gasteiger charge is 2.07. The Kier molecular flexibility index (Phi) is 7.01. The van der Waals surface area contributed by atoms with E-state index < -0.39 is 5.82 Å². The molecule has 0 spiro atoms. The summed E-state index contributed by atoms with van der Waals surface area (Å²) in [5.41, 5.74) is 0.882. The number of carbonyl (C=O) groups excluding carboxylic acids is 1. The van der Waals surface area contributed by atoms with Crippen LogP contribution in [0.5, 0.6) is 5.75 Å². The topological polar surface area (TPSA) is 41.6 Å². The van der Waals surface area contributed by atoms with Gasteiger partial charge in [0, 0.05) is 20.6 Å². The summed E-state index contributed by atoms with van der Waals surface area (Å²) in [7, 11) is 3.36. The van der Waals surface area contributed by atoms with Gasteiger partial charge in [0.05, 0.1) is 13.0 Å². The lowest BCUT2D eigenvalue weighted by Gasteiger charge is -2.12. The molecule has 0 saturated carbocycles. The van der Waals surface area contributed by atoms with Gasteiger partial charge in [-0.05, 0) is 30.7 Å². The van der Waals surface area contributed by atoms with E-state index in [1.807, 2.05) is 6.07 Å². The zero-order valence-corrected chi connectivity index (χ0v) is 12.4. The van der Waals surface area contributed by atoms with Gasteiger partial charge in [-0.15, -0.1) is 0 Å². The molecule has 0 aliphatic rings. The van der Waals surface area contributed by atoms with Gasteiger partial charge in [0.2, 0.25) is 5.91 Å². The Morgan fingerprint density at radius 1 is 1.40 bits per heavy atom. The standard InChI is InChI=1S/C15H23FN2O2/c1-4-8-17-11-12-5-6-14(13(16)10-12)20-9-7-15(19)18(2)3/h5-6,10,17H,4,7-9,11H2,1-3H3. The van der Waals surface area contributed by atoms with Crippen LogP contribution in [0, 0.1) is 5.82 Å². The van der Waals surface area contributed by atoms with Gasteiger partial charge >= 0.3 is 0 Å². The highest BCUT2D eigenvalue weighted by molar-refractivity contribution is 5.75. The van der Waals surface area contributed by atoms with Crippen molar-refractivity contribution in [2.75, 3.05) is 27.2 Å². The molecule has 0 radical (unpaired) electrons. The van der Waals surface area contributed by atoms with E-state index in [1.165, 1.54) is 11.0 Å². The summed E-state index contributed by atoms with van der Waals surface area (Å²) >= 11 is 0. The van der Waals surface area contributed by atoms with Crippen molar-refractivity contribution in [1.82, 2.24) is 10.2 Å². The van der Waals surface area contributed by atoms with Gasteiger partial charge in [0.25, 0.3) is 0 Å². The lowest BCUT2D eigenvalue weighted by atomic mass is 10.2. The number of nitrogens with one attached hydrogen (secondary N) is 1. The molecule has 112 valence electrons. The van der Waals surface area contributed by atoms with Crippen LogP contribution in [-0.2, 0) is 11.3 Å². The van der Waals surface area contributed by atoms with Crippen LogP contribution >= 0.6 is 0 Å². The lowest BCUT2D eigenvalue weighted by Crippen LogP contribution is -2.23. The van der Waals surface area contributed by atoms with E-state index in [2.05, 4.69) is 12.2 Å². The average molecular weight is 282 g/mol. The molecule has 0 bridgehead atoms. The quantitative estimate of drug-likeness (QED) is 0.743. The molecule has 0 aromatic heterocycles. The number of nitrogens with zero attached hydrogens (tertiary/aromatic N) is 1. The molecule has 1 aromatic rings.